The summed E-state index contributed by atoms with van der Waals surface area (Å²) < 4.78 is 21.9. The number of imidazole rings is 1. The fourth-order valence-electron chi connectivity index (χ4n) is 3.71. The maximum Gasteiger partial charge on any atom is 0.419 e. The number of para-hydroxylation sites is 2. The Morgan fingerprint density at radius 2 is 1.91 bits per heavy atom. The standard InChI is InChI=1S/C24H19FN4O3/c1-15-10-12-29-20(14-15)26-22(16-6-8-17(25)9-7-16)23(29)27-21(30)11-13-28-18-4-2-3-5-19(18)32-24(28)31/h2-10,12,14H,11,13H2,1H3,(H,27,30). The Bertz CT molecular complexity index is 1510. The Morgan fingerprint density at radius 1 is 1.12 bits per heavy atom. The summed E-state index contributed by atoms with van der Waals surface area (Å²) in [6, 6.07) is 16.8. The van der Waals surface area contributed by atoms with Crippen molar-refractivity contribution in [1.82, 2.24) is 14.0 Å². The SMILES string of the molecule is Cc1ccn2c(NC(=O)CCn3c(=O)oc4ccccc43)c(-c3ccc(F)cc3)nc2c1. The molecule has 0 spiro atoms. The molecule has 1 amide bonds. The van der Waals surface area contributed by atoms with Crippen molar-refractivity contribution in [3.05, 3.63) is 88.8 Å². The monoisotopic (exact) mass is 430 g/mol. The summed E-state index contributed by atoms with van der Waals surface area (Å²) in [5.74, 6) is -0.651. The van der Waals surface area contributed by atoms with Gasteiger partial charge in [-0.2, -0.15) is 0 Å². The highest BCUT2D eigenvalue weighted by Gasteiger charge is 2.18. The smallest absolute Gasteiger partial charge is 0.408 e. The van der Waals surface area contributed by atoms with Crippen LogP contribution in [0, 0.1) is 12.7 Å². The van der Waals surface area contributed by atoms with Gasteiger partial charge in [-0.15, -0.1) is 0 Å². The highest BCUT2D eigenvalue weighted by molar-refractivity contribution is 5.94. The van der Waals surface area contributed by atoms with Crippen LogP contribution in [0.5, 0.6) is 0 Å². The van der Waals surface area contributed by atoms with Crippen molar-refractivity contribution in [3.8, 4) is 11.3 Å². The van der Waals surface area contributed by atoms with Gasteiger partial charge in [-0.25, -0.2) is 14.2 Å². The summed E-state index contributed by atoms with van der Waals surface area (Å²) in [6.07, 6.45) is 1.89. The summed E-state index contributed by atoms with van der Waals surface area (Å²) >= 11 is 0. The summed E-state index contributed by atoms with van der Waals surface area (Å²) in [5.41, 5.74) is 4.03. The number of hydrogen-bond acceptors (Lipinski definition) is 4. The molecule has 1 N–H and O–H groups in total. The number of oxazole rings is 1. The van der Waals surface area contributed by atoms with Gasteiger partial charge in [-0.1, -0.05) is 12.1 Å². The molecule has 7 nitrogen and oxygen atoms in total. The third kappa shape index (κ3) is 3.56. The van der Waals surface area contributed by atoms with Crippen LogP contribution in [-0.4, -0.2) is 19.9 Å². The van der Waals surface area contributed by atoms with Crippen molar-refractivity contribution in [2.75, 3.05) is 5.32 Å². The first-order valence-electron chi connectivity index (χ1n) is 10.1. The Labute approximate surface area is 181 Å². The van der Waals surface area contributed by atoms with Crippen molar-refractivity contribution >= 4 is 28.5 Å². The molecule has 0 aliphatic rings. The van der Waals surface area contributed by atoms with Crippen LogP contribution in [0.3, 0.4) is 0 Å². The first kappa shape index (κ1) is 19.7. The first-order valence-corrected chi connectivity index (χ1v) is 10.1. The normalized spacial score (nSPS) is 11.3. The van der Waals surface area contributed by atoms with E-state index in [0.717, 1.165) is 5.56 Å². The number of hydrogen-bond donors (Lipinski definition) is 1. The molecule has 5 aromatic rings. The van der Waals surface area contributed by atoms with Crippen LogP contribution in [0.15, 0.2) is 76.1 Å². The van der Waals surface area contributed by atoms with Gasteiger partial charge in [-0.05, 0) is 61.0 Å². The van der Waals surface area contributed by atoms with Crippen molar-refractivity contribution in [2.24, 2.45) is 0 Å². The molecule has 0 aliphatic heterocycles. The van der Waals surface area contributed by atoms with Gasteiger partial charge in [0.25, 0.3) is 0 Å². The molecule has 32 heavy (non-hydrogen) atoms. The lowest BCUT2D eigenvalue weighted by Crippen LogP contribution is -2.20. The molecule has 0 fully saturated rings. The van der Waals surface area contributed by atoms with Crippen LogP contribution >= 0.6 is 0 Å². The van der Waals surface area contributed by atoms with E-state index < -0.39 is 5.76 Å². The Kier molecular flexibility index (Phi) is 4.82. The highest BCUT2D eigenvalue weighted by Crippen LogP contribution is 2.29. The molecule has 5 rings (SSSR count). The lowest BCUT2D eigenvalue weighted by molar-refractivity contribution is -0.116. The van der Waals surface area contributed by atoms with Crippen LogP contribution in [0.1, 0.15) is 12.0 Å². The number of benzene rings is 2. The number of amides is 1. The van der Waals surface area contributed by atoms with E-state index in [0.29, 0.717) is 33.8 Å². The average Bonchev–Trinajstić information content (AvgIpc) is 3.29. The van der Waals surface area contributed by atoms with Gasteiger partial charge in [0.15, 0.2) is 5.58 Å². The second kappa shape index (κ2) is 7.81. The van der Waals surface area contributed by atoms with E-state index in [1.54, 1.807) is 34.7 Å². The van der Waals surface area contributed by atoms with Crippen LogP contribution in [0.25, 0.3) is 28.0 Å². The van der Waals surface area contributed by atoms with Crippen molar-refractivity contribution in [2.45, 2.75) is 19.9 Å². The van der Waals surface area contributed by atoms with Gasteiger partial charge < -0.3 is 9.73 Å². The number of pyridine rings is 1. The number of anilines is 1. The predicted molar refractivity (Wildman–Crippen MR) is 119 cm³/mol. The number of nitrogens with one attached hydrogen (secondary N) is 1. The van der Waals surface area contributed by atoms with Crippen LogP contribution < -0.4 is 11.1 Å². The van der Waals surface area contributed by atoms with E-state index in [-0.39, 0.29) is 24.7 Å². The number of carbonyl (C=O) groups excluding carboxylic acids is 1. The molecule has 3 heterocycles. The second-order valence-electron chi connectivity index (χ2n) is 7.53. The fraction of sp³-hybridized carbons (Fsp3) is 0.125. The molecule has 0 bridgehead atoms. The van der Waals surface area contributed by atoms with Crippen LogP contribution in [0.4, 0.5) is 10.2 Å². The maximum atomic E-state index is 13.4. The summed E-state index contributed by atoms with van der Waals surface area (Å²) in [6.45, 7) is 2.13. The zero-order chi connectivity index (χ0) is 22.2. The molecular weight excluding hydrogens is 411 g/mol. The van der Waals surface area contributed by atoms with Crippen LogP contribution in [0.2, 0.25) is 0 Å². The third-order valence-electron chi connectivity index (χ3n) is 5.29. The van der Waals surface area contributed by atoms with E-state index in [2.05, 4.69) is 10.3 Å². The molecule has 0 atom stereocenters. The minimum Gasteiger partial charge on any atom is -0.408 e. The second-order valence-corrected chi connectivity index (χ2v) is 7.53. The molecule has 0 saturated carbocycles. The number of rotatable bonds is 5. The van der Waals surface area contributed by atoms with Gasteiger partial charge in [-0.3, -0.25) is 13.8 Å². The number of halogens is 1. The Morgan fingerprint density at radius 3 is 2.72 bits per heavy atom. The Hall–Kier alpha value is -4.20. The molecule has 0 unspecified atom stereocenters. The molecule has 2 aromatic carbocycles. The van der Waals surface area contributed by atoms with Gasteiger partial charge in [0.2, 0.25) is 5.91 Å². The molecule has 3 aromatic heterocycles. The summed E-state index contributed by atoms with van der Waals surface area (Å²) in [4.78, 5) is 29.7. The lowest BCUT2D eigenvalue weighted by Gasteiger charge is -2.08. The quantitative estimate of drug-likeness (QED) is 0.449. The Balaban J connectivity index is 1.45. The van der Waals surface area contributed by atoms with Crippen molar-refractivity contribution in [3.63, 3.8) is 0 Å². The minimum absolute atomic E-state index is 0.0609. The van der Waals surface area contributed by atoms with Gasteiger partial charge in [0.1, 0.15) is 23.0 Å². The number of fused-ring (bicyclic) bond motifs is 2. The zero-order valence-corrected chi connectivity index (χ0v) is 17.2. The van der Waals surface area contributed by atoms with E-state index in [9.17, 15) is 14.0 Å². The summed E-state index contributed by atoms with van der Waals surface area (Å²) in [7, 11) is 0. The molecular formula is C24H19FN4O3. The number of carbonyl (C=O) groups is 1. The van der Waals surface area contributed by atoms with E-state index in [1.807, 2.05) is 31.3 Å². The largest absolute Gasteiger partial charge is 0.419 e. The van der Waals surface area contributed by atoms with Gasteiger partial charge in [0, 0.05) is 24.7 Å². The molecule has 8 heteroatoms. The van der Waals surface area contributed by atoms with Gasteiger partial charge in [0.05, 0.1) is 5.52 Å². The third-order valence-corrected chi connectivity index (χ3v) is 5.29. The average molecular weight is 430 g/mol. The van der Waals surface area contributed by atoms with E-state index >= 15 is 0 Å². The molecule has 0 saturated heterocycles. The molecule has 160 valence electrons. The first-order chi connectivity index (χ1) is 15.5. The number of aromatic nitrogens is 3. The van der Waals surface area contributed by atoms with Crippen molar-refractivity contribution < 1.29 is 13.6 Å². The molecule has 0 aliphatic carbocycles. The van der Waals surface area contributed by atoms with E-state index in [4.69, 9.17) is 4.42 Å². The summed E-state index contributed by atoms with van der Waals surface area (Å²) in [5, 5.41) is 2.92. The topological polar surface area (TPSA) is 81.5 Å². The van der Waals surface area contributed by atoms with Crippen LogP contribution in [-0.2, 0) is 11.3 Å². The minimum atomic E-state index is -0.503. The van der Waals surface area contributed by atoms with Crippen molar-refractivity contribution in [1.29, 1.82) is 0 Å². The maximum absolute atomic E-state index is 13.4. The fourth-order valence-corrected chi connectivity index (χ4v) is 3.71. The zero-order valence-electron chi connectivity index (χ0n) is 17.2. The number of nitrogens with zero attached hydrogens (tertiary/aromatic N) is 3. The predicted octanol–water partition coefficient (Wildman–Crippen LogP) is 4.39. The number of aryl methyl sites for hydroxylation is 2. The van der Waals surface area contributed by atoms with Gasteiger partial charge >= 0.3 is 5.76 Å². The highest BCUT2D eigenvalue weighted by atomic mass is 19.1. The van der Waals surface area contributed by atoms with E-state index in [1.165, 1.54) is 16.7 Å². The lowest BCUT2D eigenvalue weighted by atomic mass is 10.1. The molecule has 0 radical (unpaired) electrons.